The van der Waals surface area contributed by atoms with E-state index in [-0.39, 0.29) is 5.69 Å². The number of amides is 2. The van der Waals surface area contributed by atoms with Gasteiger partial charge in [0.15, 0.2) is 0 Å². The van der Waals surface area contributed by atoms with Crippen LogP contribution < -0.4 is 10.6 Å². The van der Waals surface area contributed by atoms with Crippen LogP contribution in [-0.4, -0.2) is 6.03 Å². The molecule has 0 spiro atoms. The minimum Gasteiger partial charge on any atom is -0.308 e. The van der Waals surface area contributed by atoms with Crippen molar-refractivity contribution in [3.05, 3.63) is 84.4 Å². The van der Waals surface area contributed by atoms with Gasteiger partial charge in [-0.2, -0.15) is 13.2 Å². The summed E-state index contributed by atoms with van der Waals surface area (Å²) in [4.78, 5) is 12.0. The summed E-state index contributed by atoms with van der Waals surface area (Å²) in [6.45, 7) is 0. The molecule has 2 N–H and O–H groups in total. The molecule has 0 aromatic heterocycles. The monoisotopic (exact) mass is 356 g/mol. The van der Waals surface area contributed by atoms with Gasteiger partial charge < -0.3 is 10.6 Å². The van der Waals surface area contributed by atoms with E-state index in [4.69, 9.17) is 0 Å². The largest absolute Gasteiger partial charge is 0.418 e. The molecule has 3 aromatic rings. The third-order valence-corrected chi connectivity index (χ3v) is 3.73. The Balaban J connectivity index is 1.70. The van der Waals surface area contributed by atoms with Crippen molar-refractivity contribution in [1.29, 1.82) is 0 Å². The highest BCUT2D eigenvalue weighted by Gasteiger charge is 2.33. The van der Waals surface area contributed by atoms with Crippen molar-refractivity contribution in [3.63, 3.8) is 0 Å². The van der Waals surface area contributed by atoms with Crippen molar-refractivity contribution in [1.82, 2.24) is 0 Å². The van der Waals surface area contributed by atoms with Crippen molar-refractivity contribution >= 4 is 17.4 Å². The Morgan fingerprint density at radius 2 is 1.27 bits per heavy atom. The predicted molar refractivity (Wildman–Crippen MR) is 96.0 cm³/mol. The summed E-state index contributed by atoms with van der Waals surface area (Å²) in [6.07, 6.45) is -4.54. The topological polar surface area (TPSA) is 41.1 Å². The van der Waals surface area contributed by atoms with Gasteiger partial charge in [0.25, 0.3) is 0 Å². The molecule has 0 bridgehead atoms. The fraction of sp³-hybridized carbons (Fsp3) is 0.0500. The molecule has 3 nitrogen and oxygen atoms in total. The Kier molecular flexibility index (Phi) is 4.93. The second-order valence-corrected chi connectivity index (χ2v) is 5.57. The summed E-state index contributed by atoms with van der Waals surface area (Å²) in [5.41, 5.74) is 1.29. The third kappa shape index (κ3) is 4.22. The molecule has 0 heterocycles. The van der Waals surface area contributed by atoms with E-state index < -0.39 is 17.8 Å². The van der Waals surface area contributed by atoms with Gasteiger partial charge in [0.2, 0.25) is 0 Å². The SMILES string of the molecule is O=C(Nc1ccc(-c2ccccc2)cc1)Nc1ccccc1C(F)(F)F. The number of carbonyl (C=O) groups excluding carboxylic acids is 1. The van der Waals surface area contributed by atoms with E-state index in [1.54, 1.807) is 12.1 Å². The second kappa shape index (κ2) is 7.31. The van der Waals surface area contributed by atoms with E-state index in [0.717, 1.165) is 17.2 Å². The Labute approximate surface area is 148 Å². The van der Waals surface area contributed by atoms with E-state index in [2.05, 4.69) is 10.6 Å². The Bertz CT molecular complexity index is 891. The van der Waals surface area contributed by atoms with Crippen molar-refractivity contribution in [3.8, 4) is 11.1 Å². The quantitative estimate of drug-likeness (QED) is 0.592. The summed E-state index contributed by atoms with van der Waals surface area (Å²) < 4.78 is 38.9. The number of carbonyl (C=O) groups is 1. The average Bonchev–Trinajstić information content (AvgIpc) is 2.62. The van der Waals surface area contributed by atoms with Gasteiger partial charge in [-0.05, 0) is 35.4 Å². The van der Waals surface area contributed by atoms with Gasteiger partial charge in [0, 0.05) is 5.69 Å². The number of rotatable bonds is 3. The molecule has 26 heavy (non-hydrogen) atoms. The van der Waals surface area contributed by atoms with E-state index in [1.807, 2.05) is 42.5 Å². The van der Waals surface area contributed by atoms with Crippen LogP contribution in [-0.2, 0) is 6.18 Å². The molecule has 0 aliphatic heterocycles. The summed E-state index contributed by atoms with van der Waals surface area (Å²) >= 11 is 0. The Morgan fingerprint density at radius 3 is 1.92 bits per heavy atom. The molecule has 0 radical (unpaired) electrons. The van der Waals surface area contributed by atoms with Gasteiger partial charge >= 0.3 is 12.2 Å². The lowest BCUT2D eigenvalue weighted by Gasteiger charge is -2.14. The molecule has 3 aromatic carbocycles. The molecular weight excluding hydrogens is 341 g/mol. The van der Waals surface area contributed by atoms with Crippen LogP contribution in [0.2, 0.25) is 0 Å². The van der Waals surface area contributed by atoms with Crippen molar-refractivity contribution in [2.24, 2.45) is 0 Å². The number of hydrogen-bond donors (Lipinski definition) is 2. The van der Waals surface area contributed by atoms with Crippen LogP contribution >= 0.6 is 0 Å². The van der Waals surface area contributed by atoms with Crippen LogP contribution in [0.15, 0.2) is 78.9 Å². The molecule has 0 saturated carbocycles. The summed E-state index contributed by atoms with van der Waals surface area (Å²) in [7, 11) is 0. The van der Waals surface area contributed by atoms with Gasteiger partial charge in [0.05, 0.1) is 11.3 Å². The first-order valence-electron chi connectivity index (χ1n) is 7.83. The van der Waals surface area contributed by atoms with Gasteiger partial charge in [-0.15, -0.1) is 0 Å². The van der Waals surface area contributed by atoms with E-state index in [9.17, 15) is 18.0 Å². The van der Waals surface area contributed by atoms with E-state index >= 15 is 0 Å². The molecule has 0 saturated heterocycles. The fourth-order valence-electron chi connectivity index (χ4n) is 2.50. The zero-order valence-corrected chi connectivity index (χ0v) is 13.5. The highest BCUT2D eigenvalue weighted by molar-refractivity contribution is 6.00. The van der Waals surface area contributed by atoms with Gasteiger partial charge in [-0.3, -0.25) is 0 Å². The Hall–Kier alpha value is -3.28. The number of nitrogens with one attached hydrogen (secondary N) is 2. The van der Waals surface area contributed by atoms with E-state index in [0.29, 0.717) is 5.69 Å². The predicted octanol–water partition coefficient (Wildman–Crippen LogP) is 6.02. The van der Waals surface area contributed by atoms with Gasteiger partial charge in [-0.1, -0.05) is 54.6 Å². The third-order valence-electron chi connectivity index (χ3n) is 3.73. The lowest BCUT2D eigenvalue weighted by atomic mass is 10.1. The van der Waals surface area contributed by atoms with Crippen LogP contribution in [0.3, 0.4) is 0 Å². The number of halogens is 3. The first-order valence-corrected chi connectivity index (χ1v) is 7.83. The zero-order valence-electron chi connectivity index (χ0n) is 13.5. The molecule has 2 amide bonds. The standard InChI is InChI=1S/C20H15F3N2O/c21-20(22,23)17-8-4-5-9-18(17)25-19(26)24-16-12-10-15(11-13-16)14-6-2-1-3-7-14/h1-13H,(H2,24,25,26). The maximum atomic E-state index is 13.0. The number of hydrogen-bond acceptors (Lipinski definition) is 1. The first-order chi connectivity index (χ1) is 12.4. The van der Waals surface area contributed by atoms with Crippen LogP contribution in [0, 0.1) is 0 Å². The molecule has 0 fully saturated rings. The molecule has 6 heteroatoms. The number of benzene rings is 3. The van der Waals surface area contributed by atoms with Crippen LogP contribution in [0.5, 0.6) is 0 Å². The molecule has 0 unspecified atom stereocenters. The minimum atomic E-state index is -4.54. The lowest BCUT2D eigenvalue weighted by molar-refractivity contribution is -0.136. The first kappa shape index (κ1) is 17.5. The molecular formula is C20H15F3N2O. The van der Waals surface area contributed by atoms with Crippen LogP contribution in [0.4, 0.5) is 29.3 Å². The minimum absolute atomic E-state index is 0.293. The highest BCUT2D eigenvalue weighted by atomic mass is 19.4. The zero-order chi connectivity index (χ0) is 18.6. The fourth-order valence-corrected chi connectivity index (χ4v) is 2.50. The van der Waals surface area contributed by atoms with Crippen LogP contribution in [0.25, 0.3) is 11.1 Å². The Morgan fingerprint density at radius 1 is 0.692 bits per heavy atom. The number of alkyl halides is 3. The highest BCUT2D eigenvalue weighted by Crippen LogP contribution is 2.34. The maximum Gasteiger partial charge on any atom is 0.418 e. The smallest absolute Gasteiger partial charge is 0.308 e. The average molecular weight is 356 g/mol. The van der Waals surface area contributed by atoms with Crippen molar-refractivity contribution in [2.45, 2.75) is 6.18 Å². The van der Waals surface area contributed by atoms with Gasteiger partial charge in [-0.25, -0.2) is 4.79 Å². The van der Waals surface area contributed by atoms with Crippen molar-refractivity contribution < 1.29 is 18.0 Å². The summed E-state index contributed by atoms with van der Waals surface area (Å²) in [5, 5.41) is 4.77. The second-order valence-electron chi connectivity index (χ2n) is 5.57. The number of urea groups is 1. The molecule has 132 valence electrons. The number of para-hydroxylation sites is 1. The summed E-state index contributed by atoms with van der Waals surface area (Å²) in [5.74, 6) is 0. The normalized spacial score (nSPS) is 11.0. The van der Waals surface area contributed by atoms with Crippen molar-refractivity contribution in [2.75, 3.05) is 10.6 Å². The molecule has 0 aliphatic carbocycles. The number of anilines is 2. The molecule has 0 atom stereocenters. The maximum absolute atomic E-state index is 13.0. The van der Waals surface area contributed by atoms with E-state index in [1.165, 1.54) is 18.2 Å². The van der Waals surface area contributed by atoms with Gasteiger partial charge in [0.1, 0.15) is 0 Å². The summed E-state index contributed by atoms with van der Waals surface area (Å²) in [6, 6.07) is 20.8. The molecule has 3 rings (SSSR count). The lowest BCUT2D eigenvalue weighted by Crippen LogP contribution is -2.21. The van der Waals surface area contributed by atoms with Crippen LogP contribution in [0.1, 0.15) is 5.56 Å². The molecule has 0 aliphatic rings.